The zero-order valence-electron chi connectivity index (χ0n) is 11.0. The number of nitrogens with zero attached hydrogens (tertiary/aromatic N) is 1. The van der Waals surface area contributed by atoms with E-state index in [1.807, 2.05) is 30.4 Å². The van der Waals surface area contributed by atoms with Crippen molar-refractivity contribution in [3.8, 4) is 5.69 Å². The molecule has 0 radical (unpaired) electrons. The minimum absolute atomic E-state index is 1.06. The first-order chi connectivity index (χ1) is 9.76. The Morgan fingerprint density at radius 3 is 2.45 bits per heavy atom. The van der Waals surface area contributed by atoms with Gasteiger partial charge in [0.15, 0.2) is 0 Å². The molecule has 20 heavy (non-hydrogen) atoms. The van der Waals surface area contributed by atoms with Gasteiger partial charge in [-0.2, -0.15) is 0 Å². The van der Waals surface area contributed by atoms with Crippen LogP contribution in [0.3, 0.4) is 0 Å². The molecule has 0 atom stereocenters. The molecule has 1 nitrogen and oxygen atoms in total. The van der Waals surface area contributed by atoms with E-state index in [2.05, 4.69) is 64.0 Å². The highest BCUT2D eigenvalue weighted by Gasteiger charge is 2.13. The highest BCUT2D eigenvalue weighted by Crippen LogP contribution is 2.31. The lowest BCUT2D eigenvalue weighted by Gasteiger charge is -2.09. The summed E-state index contributed by atoms with van der Waals surface area (Å²) in [5.74, 6) is 0. The zero-order valence-corrected chi connectivity index (χ0v) is 12.6. The molecule has 0 amide bonds. The van der Waals surface area contributed by atoms with Gasteiger partial charge < -0.3 is 4.57 Å². The molecule has 3 rings (SSSR count). The second kappa shape index (κ2) is 5.14. The van der Waals surface area contributed by atoms with Gasteiger partial charge in [0.25, 0.3) is 0 Å². The van der Waals surface area contributed by atoms with Gasteiger partial charge in [0.1, 0.15) is 0 Å². The van der Waals surface area contributed by atoms with E-state index < -0.39 is 0 Å². The van der Waals surface area contributed by atoms with Crippen LogP contribution in [0.25, 0.3) is 28.7 Å². The Hall–Kier alpha value is -2.06. The number of aromatic nitrogens is 1. The third kappa shape index (κ3) is 1.93. The molecule has 98 valence electrons. The van der Waals surface area contributed by atoms with Crippen LogP contribution in [0.1, 0.15) is 11.3 Å². The smallest absolute Gasteiger partial charge is 0.0541 e. The minimum Gasteiger partial charge on any atom is -0.309 e. The Morgan fingerprint density at radius 1 is 0.950 bits per heavy atom. The Balaban J connectivity index is 2.45. The number of fused-ring (bicyclic) bond motifs is 1. The molecular formula is C18H14BrN. The van der Waals surface area contributed by atoms with Gasteiger partial charge in [-0.3, -0.25) is 0 Å². The Morgan fingerprint density at radius 2 is 1.75 bits per heavy atom. The summed E-state index contributed by atoms with van der Waals surface area (Å²) in [7, 11) is 0. The lowest BCUT2D eigenvalue weighted by Crippen LogP contribution is -1.96. The van der Waals surface area contributed by atoms with Gasteiger partial charge >= 0.3 is 0 Å². The minimum atomic E-state index is 1.06. The van der Waals surface area contributed by atoms with Crippen LogP contribution in [0.2, 0.25) is 0 Å². The Kier molecular flexibility index (Phi) is 3.33. The number of para-hydroxylation sites is 1. The van der Waals surface area contributed by atoms with Crippen LogP contribution in [0.5, 0.6) is 0 Å². The summed E-state index contributed by atoms with van der Waals surface area (Å²) in [5, 5.41) is 1.19. The van der Waals surface area contributed by atoms with Crippen molar-refractivity contribution in [2.24, 2.45) is 0 Å². The van der Waals surface area contributed by atoms with Gasteiger partial charge in [-0.15, -0.1) is 0 Å². The first-order valence-electron chi connectivity index (χ1n) is 6.40. The van der Waals surface area contributed by atoms with Crippen LogP contribution in [0, 0.1) is 0 Å². The molecule has 1 heterocycles. The molecule has 0 bridgehead atoms. The molecule has 0 aliphatic carbocycles. The fraction of sp³-hybridized carbons (Fsp3) is 0. The van der Waals surface area contributed by atoms with Crippen molar-refractivity contribution < 1.29 is 0 Å². The molecule has 0 N–H and O–H groups in total. The summed E-state index contributed by atoms with van der Waals surface area (Å²) < 4.78 is 3.27. The van der Waals surface area contributed by atoms with E-state index in [1.165, 1.54) is 5.39 Å². The topological polar surface area (TPSA) is 4.93 Å². The van der Waals surface area contributed by atoms with E-state index in [-0.39, 0.29) is 0 Å². The van der Waals surface area contributed by atoms with E-state index in [9.17, 15) is 0 Å². The number of halogens is 1. The van der Waals surface area contributed by atoms with Gasteiger partial charge in [0.2, 0.25) is 0 Å². The third-order valence-corrected chi connectivity index (χ3v) is 3.91. The van der Waals surface area contributed by atoms with Gasteiger partial charge in [-0.25, -0.2) is 0 Å². The summed E-state index contributed by atoms with van der Waals surface area (Å²) in [6.07, 6.45) is 3.78. The van der Waals surface area contributed by atoms with Crippen molar-refractivity contribution in [3.05, 3.63) is 77.4 Å². The van der Waals surface area contributed by atoms with E-state index in [0.717, 1.165) is 26.9 Å². The van der Waals surface area contributed by atoms with Crippen molar-refractivity contribution in [1.29, 1.82) is 0 Å². The second-order valence-corrected chi connectivity index (χ2v) is 5.46. The maximum atomic E-state index is 3.96. The maximum Gasteiger partial charge on any atom is 0.0541 e. The van der Waals surface area contributed by atoms with Crippen molar-refractivity contribution in [2.75, 3.05) is 0 Å². The van der Waals surface area contributed by atoms with Crippen LogP contribution >= 0.6 is 15.9 Å². The molecule has 0 saturated carbocycles. The number of hydrogen-bond donors (Lipinski definition) is 0. The van der Waals surface area contributed by atoms with E-state index in [0.29, 0.717) is 0 Å². The van der Waals surface area contributed by atoms with Crippen LogP contribution in [0.4, 0.5) is 0 Å². The van der Waals surface area contributed by atoms with Gasteiger partial charge in [0, 0.05) is 21.1 Å². The summed E-state index contributed by atoms with van der Waals surface area (Å²) in [6.45, 7) is 7.91. The van der Waals surface area contributed by atoms with Crippen molar-refractivity contribution in [3.63, 3.8) is 0 Å². The molecular weight excluding hydrogens is 310 g/mol. The average Bonchev–Trinajstić information content (AvgIpc) is 2.80. The predicted molar refractivity (Wildman–Crippen MR) is 91.2 cm³/mol. The normalized spacial score (nSPS) is 10.7. The van der Waals surface area contributed by atoms with Crippen LogP contribution in [-0.4, -0.2) is 4.57 Å². The van der Waals surface area contributed by atoms with Crippen molar-refractivity contribution >= 4 is 39.0 Å². The van der Waals surface area contributed by atoms with E-state index >= 15 is 0 Å². The standard InChI is InChI=1S/C18H14BrN/c1-3-15-16-10-5-6-11-18(16)20(17(15)4-2)14-9-7-8-13(19)12-14/h3-12H,1-2H2. The Bertz CT molecular complexity index is 811. The highest BCUT2D eigenvalue weighted by molar-refractivity contribution is 9.10. The lowest BCUT2D eigenvalue weighted by molar-refractivity contribution is 1.10. The largest absolute Gasteiger partial charge is 0.309 e. The molecule has 0 unspecified atom stereocenters. The van der Waals surface area contributed by atoms with Crippen molar-refractivity contribution in [1.82, 2.24) is 4.57 Å². The summed E-state index contributed by atoms with van der Waals surface area (Å²) in [5.41, 5.74) is 4.46. The molecule has 0 spiro atoms. The lowest BCUT2D eigenvalue weighted by atomic mass is 10.1. The summed E-state index contributed by atoms with van der Waals surface area (Å²) in [6, 6.07) is 16.6. The van der Waals surface area contributed by atoms with Gasteiger partial charge in [-0.05, 0) is 30.3 Å². The zero-order chi connectivity index (χ0) is 14.1. The average molecular weight is 324 g/mol. The summed E-state index contributed by atoms with van der Waals surface area (Å²) >= 11 is 3.53. The van der Waals surface area contributed by atoms with Gasteiger partial charge in [0.05, 0.1) is 11.2 Å². The molecule has 0 fully saturated rings. The predicted octanol–water partition coefficient (Wildman–Crippen LogP) is 5.68. The van der Waals surface area contributed by atoms with E-state index in [1.54, 1.807) is 0 Å². The molecule has 0 aliphatic heterocycles. The van der Waals surface area contributed by atoms with Crippen LogP contribution in [-0.2, 0) is 0 Å². The fourth-order valence-corrected chi connectivity index (χ4v) is 2.98. The fourth-order valence-electron chi connectivity index (χ4n) is 2.59. The number of benzene rings is 2. The highest BCUT2D eigenvalue weighted by atomic mass is 79.9. The molecule has 0 saturated heterocycles. The first kappa shape index (κ1) is 12.9. The number of hydrogen-bond acceptors (Lipinski definition) is 0. The quantitative estimate of drug-likeness (QED) is 0.584. The van der Waals surface area contributed by atoms with Crippen molar-refractivity contribution in [2.45, 2.75) is 0 Å². The second-order valence-electron chi connectivity index (χ2n) is 4.54. The molecule has 3 aromatic rings. The van der Waals surface area contributed by atoms with Crippen LogP contribution < -0.4 is 0 Å². The van der Waals surface area contributed by atoms with Crippen LogP contribution in [0.15, 0.2) is 66.2 Å². The SMILES string of the molecule is C=Cc1c(C=C)n(-c2cccc(Br)c2)c2ccccc12. The monoisotopic (exact) mass is 323 g/mol. The van der Waals surface area contributed by atoms with Gasteiger partial charge in [-0.1, -0.05) is 59.4 Å². The third-order valence-electron chi connectivity index (χ3n) is 3.42. The molecule has 0 aliphatic rings. The number of rotatable bonds is 3. The molecule has 2 heteroatoms. The molecule has 1 aromatic heterocycles. The first-order valence-corrected chi connectivity index (χ1v) is 7.20. The molecule has 2 aromatic carbocycles. The Labute approximate surface area is 127 Å². The summed E-state index contributed by atoms with van der Waals surface area (Å²) in [4.78, 5) is 0. The maximum absolute atomic E-state index is 3.96. The van der Waals surface area contributed by atoms with E-state index in [4.69, 9.17) is 0 Å².